The zero-order chi connectivity index (χ0) is 22.7. The van der Waals surface area contributed by atoms with Crippen LogP contribution in [0.4, 0.5) is 0 Å². The Kier molecular flexibility index (Phi) is 7.80. The average Bonchev–Trinajstić information content (AvgIpc) is 2.88. The maximum absolute atomic E-state index is 6.25. The van der Waals surface area contributed by atoms with Gasteiger partial charge in [0.2, 0.25) is 0 Å². The van der Waals surface area contributed by atoms with E-state index in [2.05, 4.69) is 24.3 Å². The molecule has 0 saturated heterocycles. The lowest BCUT2D eigenvalue weighted by atomic mass is 10.1. The Morgan fingerprint density at radius 1 is 0.545 bits per heavy atom. The van der Waals surface area contributed by atoms with Crippen LogP contribution in [-0.4, -0.2) is 0 Å². The molecule has 0 heterocycles. The van der Waals surface area contributed by atoms with Gasteiger partial charge in [0.05, 0.1) is 5.56 Å². The van der Waals surface area contributed by atoms with E-state index in [0.717, 1.165) is 33.8 Å². The van der Waals surface area contributed by atoms with Gasteiger partial charge in [-0.2, -0.15) is 0 Å². The Hall–Kier alpha value is -3.98. The zero-order valence-corrected chi connectivity index (χ0v) is 18.8. The van der Waals surface area contributed by atoms with Crippen LogP contribution in [-0.2, 0) is 19.8 Å². The highest BCUT2D eigenvalue weighted by Gasteiger charge is 2.14. The molecular weight excluding hydrogens is 408 g/mol. The second kappa shape index (κ2) is 11.6. The van der Waals surface area contributed by atoms with E-state index >= 15 is 0 Å². The third-order valence-electron chi connectivity index (χ3n) is 5.13. The molecular formula is C30H28O3. The molecule has 0 amide bonds. The van der Waals surface area contributed by atoms with Gasteiger partial charge in [-0.1, -0.05) is 103 Å². The summed E-state index contributed by atoms with van der Waals surface area (Å²) in [5.74, 6) is 2.16. The minimum absolute atomic E-state index is 0.464. The van der Waals surface area contributed by atoms with Gasteiger partial charge < -0.3 is 14.2 Å². The molecule has 0 atom stereocenters. The Balaban J connectivity index is 1.61. The first kappa shape index (κ1) is 22.2. The summed E-state index contributed by atoms with van der Waals surface area (Å²) in [5, 5.41) is 0. The molecule has 3 nitrogen and oxygen atoms in total. The Morgan fingerprint density at radius 3 is 1.33 bits per heavy atom. The molecule has 4 rings (SSSR count). The Bertz CT molecular complexity index is 1090. The summed E-state index contributed by atoms with van der Waals surface area (Å²) >= 11 is 0. The fourth-order valence-corrected chi connectivity index (χ4v) is 3.44. The Labute approximate surface area is 195 Å². The topological polar surface area (TPSA) is 27.7 Å². The smallest absolute Gasteiger partial charge is 0.134 e. The van der Waals surface area contributed by atoms with Crippen molar-refractivity contribution in [2.45, 2.75) is 26.7 Å². The van der Waals surface area contributed by atoms with Gasteiger partial charge >= 0.3 is 0 Å². The van der Waals surface area contributed by atoms with E-state index in [1.807, 2.05) is 97.9 Å². The summed E-state index contributed by atoms with van der Waals surface area (Å²) in [6.45, 7) is 3.39. The average molecular weight is 437 g/mol. The zero-order valence-electron chi connectivity index (χ0n) is 18.8. The van der Waals surface area contributed by atoms with Gasteiger partial charge in [-0.25, -0.2) is 0 Å². The molecule has 0 unspecified atom stereocenters. The first-order chi connectivity index (χ1) is 16.3. The SMILES string of the molecule is CC=Cc1c(OCc2ccccc2)cc(OCc2ccccc2)cc1OCc1ccccc1. The standard InChI is InChI=1S/C30H28O3/c1-2-12-28-29(32-22-25-15-8-4-9-16-25)19-27(31-21-24-13-6-3-7-14-24)20-30(28)33-23-26-17-10-5-11-18-26/h2-20H,21-23H2,1H3. The summed E-state index contributed by atoms with van der Waals surface area (Å²) in [7, 11) is 0. The number of ether oxygens (including phenoxy) is 3. The van der Waals surface area contributed by atoms with Gasteiger partial charge in [-0.05, 0) is 23.6 Å². The van der Waals surface area contributed by atoms with E-state index in [0.29, 0.717) is 25.6 Å². The Morgan fingerprint density at radius 2 is 0.939 bits per heavy atom. The third-order valence-corrected chi connectivity index (χ3v) is 5.13. The van der Waals surface area contributed by atoms with Gasteiger partial charge in [0.25, 0.3) is 0 Å². The molecule has 4 aromatic rings. The minimum Gasteiger partial charge on any atom is -0.489 e. The highest BCUT2D eigenvalue weighted by Crippen LogP contribution is 2.37. The van der Waals surface area contributed by atoms with Crippen molar-refractivity contribution in [3.8, 4) is 17.2 Å². The van der Waals surface area contributed by atoms with Crippen molar-refractivity contribution in [1.29, 1.82) is 0 Å². The summed E-state index contributed by atoms with van der Waals surface area (Å²) in [6, 6.07) is 34.3. The van der Waals surface area contributed by atoms with E-state index in [4.69, 9.17) is 14.2 Å². The lowest BCUT2D eigenvalue weighted by Gasteiger charge is -2.17. The molecule has 0 aliphatic heterocycles. The predicted molar refractivity (Wildman–Crippen MR) is 133 cm³/mol. The van der Waals surface area contributed by atoms with Crippen molar-refractivity contribution in [2.24, 2.45) is 0 Å². The quantitative estimate of drug-likeness (QED) is 0.258. The van der Waals surface area contributed by atoms with Crippen LogP contribution in [0.5, 0.6) is 17.2 Å². The van der Waals surface area contributed by atoms with Gasteiger partial charge in [0.1, 0.15) is 37.1 Å². The maximum atomic E-state index is 6.25. The summed E-state index contributed by atoms with van der Waals surface area (Å²) in [4.78, 5) is 0. The number of hydrogen-bond donors (Lipinski definition) is 0. The van der Waals surface area contributed by atoms with Crippen LogP contribution < -0.4 is 14.2 Å². The second-order valence-corrected chi connectivity index (χ2v) is 7.66. The van der Waals surface area contributed by atoms with Gasteiger partial charge in [0, 0.05) is 12.1 Å². The van der Waals surface area contributed by atoms with Crippen LogP contribution in [0.1, 0.15) is 29.2 Å². The van der Waals surface area contributed by atoms with Crippen LogP contribution in [0, 0.1) is 0 Å². The van der Waals surface area contributed by atoms with Crippen LogP contribution >= 0.6 is 0 Å². The van der Waals surface area contributed by atoms with Crippen molar-refractivity contribution < 1.29 is 14.2 Å². The van der Waals surface area contributed by atoms with E-state index < -0.39 is 0 Å². The number of rotatable bonds is 10. The van der Waals surface area contributed by atoms with E-state index in [-0.39, 0.29) is 0 Å². The second-order valence-electron chi connectivity index (χ2n) is 7.66. The highest BCUT2D eigenvalue weighted by molar-refractivity contribution is 5.66. The first-order valence-corrected chi connectivity index (χ1v) is 11.1. The molecule has 0 N–H and O–H groups in total. The fraction of sp³-hybridized carbons (Fsp3) is 0.133. The van der Waals surface area contributed by atoms with Crippen molar-refractivity contribution >= 4 is 6.08 Å². The lowest BCUT2D eigenvalue weighted by molar-refractivity contribution is 0.274. The van der Waals surface area contributed by atoms with Crippen molar-refractivity contribution in [3.63, 3.8) is 0 Å². The molecule has 0 fully saturated rings. The minimum atomic E-state index is 0.464. The predicted octanol–water partition coefficient (Wildman–Crippen LogP) is 7.46. The fourth-order valence-electron chi connectivity index (χ4n) is 3.44. The molecule has 0 spiro atoms. The van der Waals surface area contributed by atoms with E-state index in [1.54, 1.807) is 0 Å². The van der Waals surface area contributed by atoms with Crippen molar-refractivity contribution in [2.75, 3.05) is 0 Å². The summed E-state index contributed by atoms with van der Waals surface area (Å²) in [5.41, 5.74) is 4.21. The van der Waals surface area contributed by atoms with Gasteiger partial charge in [0.15, 0.2) is 0 Å². The molecule has 0 aromatic heterocycles. The van der Waals surface area contributed by atoms with Crippen LogP contribution in [0.2, 0.25) is 0 Å². The van der Waals surface area contributed by atoms with Crippen LogP contribution in [0.3, 0.4) is 0 Å². The first-order valence-electron chi connectivity index (χ1n) is 11.1. The molecule has 166 valence electrons. The monoisotopic (exact) mass is 436 g/mol. The number of hydrogen-bond acceptors (Lipinski definition) is 3. The van der Waals surface area contributed by atoms with Crippen LogP contribution in [0.25, 0.3) is 6.08 Å². The van der Waals surface area contributed by atoms with E-state index in [1.165, 1.54) is 0 Å². The molecule has 0 aliphatic rings. The third kappa shape index (κ3) is 6.50. The molecule has 3 heteroatoms. The van der Waals surface area contributed by atoms with Crippen LogP contribution in [0.15, 0.2) is 109 Å². The molecule has 0 radical (unpaired) electrons. The number of benzene rings is 4. The summed E-state index contributed by atoms with van der Waals surface area (Å²) in [6.07, 6.45) is 4.01. The highest BCUT2D eigenvalue weighted by atomic mass is 16.5. The van der Waals surface area contributed by atoms with Crippen molar-refractivity contribution in [3.05, 3.63) is 131 Å². The summed E-state index contributed by atoms with van der Waals surface area (Å²) < 4.78 is 18.6. The maximum Gasteiger partial charge on any atom is 0.134 e. The number of allylic oxidation sites excluding steroid dienone is 1. The van der Waals surface area contributed by atoms with Crippen molar-refractivity contribution in [1.82, 2.24) is 0 Å². The molecule has 33 heavy (non-hydrogen) atoms. The molecule has 0 aliphatic carbocycles. The lowest BCUT2D eigenvalue weighted by Crippen LogP contribution is -2.03. The van der Waals surface area contributed by atoms with E-state index in [9.17, 15) is 0 Å². The molecule has 4 aromatic carbocycles. The normalized spacial score (nSPS) is 10.8. The molecule has 0 saturated carbocycles. The molecule has 0 bridgehead atoms. The van der Waals surface area contributed by atoms with Gasteiger partial charge in [-0.3, -0.25) is 0 Å². The van der Waals surface area contributed by atoms with Gasteiger partial charge in [-0.15, -0.1) is 0 Å². The largest absolute Gasteiger partial charge is 0.489 e.